The minimum Gasteiger partial charge on any atom is -0.0907 e. The Kier molecular flexibility index (Phi) is 5.72. The summed E-state index contributed by atoms with van der Waals surface area (Å²) in [5.41, 5.74) is 1.52. The summed E-state index contributed by atoms with van der Waals surface area (Å²) in [5.74, 6) is 0. The molecule has 1 aliphatic carbocycles. The van der Waals surface area contributed by atoms with Crippen LogP contribution in [0, 0.1) is 0 Å². The summed E-state index contributed by atoms with van der Waals surface area (Å²) in [6.07, 6.45) is 7.56. The van der Waals surface area contributed by atoms with Crippen LogP contribution in [0.1, 0.15) is 25.7 Å². The molecule has 3 radical (unpaired) electrons. The third-order valence-corrected chi connectivity index (χ3v) is 5.38. The molecule has 0 amide bonds. The van der Waals surface area contributed by atoms with E-state index in [-0.39, 0.29) is 16.3 Å². The summed E-state index contributed by atoms with van der Waals surface area (Å²) >= 11 is 0. The van der Waals surface area contributed by atoms with E-state index in [1.807, 2.05) is 0 Å². The number of allylic oxidation sites excluding steroid dienone is 3. The zero-order valence-corrected chi connectivity index (χ0v) is 11.4. The van der Waals surface area contributed by atoms with Crippen molar-refractivity contribution in [2.75, 3.05) is 6.66 Å². The highest BCUT2D eigenvalue weighted by Gasteiger charge is 2.14. The molecule has 0 nitrogen and oxygen atoms in total. The number of benzene rings is 1. The first-order chi connectivity index (χ1) is 7.79. The van der Waals surface area contributed by atoms with Crippen LogP contribution in [0.4, 0.5) is 0 Å². The maximum Gasteiger partial charge on any atom is 0 e. The van der Waals surface area contributed by atoms with E-state index in [4.69, 9.17) is 0 Å². The predicted octanol–water partition coefficient (Wildman–Crippen LogP) is 4.06. The van der Waals surface area contributed by atoms with Crippen molar-refractivity contribution >= 4 is 21.6 Å². The quantitative estimate of drug-likeness (QED) is 0.553. The highest BCUT2D eigenvalue weighted by Crippen LogP contribution is 2.44. The van der Waals surface area contributed by atoms with Crippen molar-refractivity contribution in [1.82, 2.24) is 0 Å². The minimum atomic E-state index is -0.222. The van der Waals surface area contributed by atoms with Crippen LogP contribution in [0.2, 0.25) is 0 Å². The van der Waals surface area contributed by atoms with Crippen molar-refractivity contribution in [3.8, 4) is 0 Å². The van der Waals surface area contributed by atoms with E-state index in [2.05, 4.69) is 49.7 Å². The van der Waals surface area contributed by atoms with Gasteiger partial charge in [-0.25, -0.2) is 0 Å². The van der Waals surface area contributed by atoms with Crippen LogP contribution in [0.15, 0.2) is 53.9 Å². The second-order valence-corrected chi connectivity index (χ2v) is 6.49. The van der Waals surface area contributed by atoms with Crippen molar-refractivity contribution in [1.29, 1.82) is 0 Å². The molecule has 2 heteroatoms. The Hall–Kier alpha value is -0.805. The lowest BCUT2D eigenvalue weighted by Crippen LogP contribution is -2.03. The van der Waals surface area contributed by atoms with Crippen LogP contribution in [-0.4, -0.2) is 15.1 Å². The molecule has 0 saturated heterocycles. The van der Waals surface area contributed by atoms with Crippen molar-refractivity contribution in [2.45, 2.75) is 25.7 Å². The van der Waals surface area contributed by atoms with Crippen molar-refractivity contribution in [3.63, 3.8) is 0 Å². The highest BCUT2D eigenvalue weighted by atomic mass is 31.1. The van der Waals surface area contributed by atoms with Crippen LogP contribution in [0.3, 0.4) is 0 Å². The average molecular weight is 241 g/mol. The summed E-state index contributed by atoms with van der Waals surface area (Å²) in [7, 11) is -0.222. The van der Waals surface area contributed by atoms with Gasteiger partial charge in [-0.15, -0.1) is 0 Å². The van der Waals surface area contributed by atoms with E-state index in [0.717, 1.165) is 0 Å². The first-order valence-corrected chi connectivity index (χ1v) is 7.75. The molecule has 0 bridgehead atoms. The Morgan fingerprint density at radius 2 is 1.88 bits per heavy atom. The molecule has 1 aromatic carbocycles. The predicted molar refractivity (Wildman–Crippen MR) is 80.4 cm³/mol. The number of hydrogen-bond donors (Lipinski definition) is 0. The topological polar surface area (TPSA) is 0 Å². The van der Waals surface area contributed by atoms with Gasteiger partial charge in [-0.05, 0) is 56.5 Å². The Morgan fingerprint density at radius 3 is 2.47 bits per heavy atom. The van der Waals surface area contributed by atoms with Crippen LogP contribution in [0.25, 0.3) is 0 Å². The molecule has 0 fully saturated rings. The molecule has 2 rings (SSSR count). The molecule has 0 saturated carbocycles. The van der Waals surface area contributed by atoms with E-state index in [9.17, 15) is 0 Å². The monoisotopic (exact) mass is 241 g/mol. The van der Waals surface area contributed by atoms with E-state index in [1.54, 1.807) is 0 Å². The molecule has 17 heavy (non-hydrogen) atoms. The fourth-order valence-electron chi connectivity index (χ4n) is 2.12. The molecule has 1 aromatic rings. The van der Waals surface area contributed by atoms with Gasteiger partial charge in [0, 0.05) is 8.41 Å². The molecular weight excluding hydrogens is 222 g/mol. The van der Waals surface area contributed by atoms with Crippen LogP contribution in [0.5, 0.6) is 0 Å². The van der Waals surface area contributed by atoms with Crippen LogP contribution in [-0.2, 0) is 0 Å². The van der Waals surface area contributed by atoms with Gasteiger partial charge >= 0.3 is 0 Å². The minimum absolute atomic E-state index is 0. The number of hydrogen-bond acceptors (Lipinski definition) is 0. The molecule has 0 heterocycles. The summed E-state index contributed by atoms with van der Waals surface area (Å²) in [4.78, 5) is 0. The summed E-state index contributed by atoms with van der Waals surface area (Å²) in [6.45, 7) is 6.64. The van der Waals surface area contributed by atoms with Gasteiger partial charge in [-0.1, -0.05) is 43.0 Å². The van der Waals surface area contributed by atoms with Gasteiger partial charge in [0.15, 0.2) is 0 Å². The van der Waals surface area contributed by atoms with Crippen molar-refractivity contribution in [2.24, 2.45) is 0 Å². The molecule has 0 aromatic heterocycles. The fourth-order valence-corrected chi connectivity index (χ4v) is 3.69. The second kappa shape index (κ2) is 6.82. The summed E-state index contributed by atoms with van der Waals surface area (Å²) in [5, 5.41) is 2.81. The Balaban J connectivity index is 0.00000144. The molecule has 87 valence electrons. The van der Waals surface area contributed by atoms with Gasteiger partial charge < -0.3 is 0 Å². The first-order valence-electron chi connectivity index (χ1n) is 5.96. The molecule has 1 unspecified atom stereocenters. The van der Waals surface area contributed by atoms with Crippen LogP contribution < -0.4 is 5.30 Å². The maximum absolute atomic E-state index is 4.32. The second-order valence-electron chi connectivity index (χ2n) is 4.32. The van der Waals surface area contributed by atoms with Gasteiger partial charge in [0.2, 0.25) is 0 Å². The Labute approximate surface area is 108 Å². The van der Waals surface area contributed by atoms with Crippen LogP contribution >= 0.6 is 7.92 Å². The van der Waals surface area contributed by atoms with Gasteiger partial charge in [0.25, 0.3) is 0 Å². The van der Waals surface area contributed by atoms with E-state index < -0.39 is 0 Å². The van der Waals surface area contributed by atoms with Crippen molar-refractivity contribution in [3.05, 3.63) is 53.9 Å². The summed E-state index contributed by atoms with van der Waals surface area (Å²) < 4.78 is 0. The summed E-state index contributed by atoms with van der Waals surface area (Å²) in [6, 6.07) is 10.8. The van der Waals surface area contributed by atoms with Crippen molar-refractivity contribution < 1.29 is 0 Å². The molecule has 0 N–H and O–H groups in total. The SMILES string of the molecule is C=C(C1=CCCCC1)P(C)c1ccccc1.[B]. The zero-order chi connectivity index (χ0) is 11.4. The van der Waals surface area contributed by atoms with E-state index in [1.165, 1.54) is 41.9 Å². The molecule has 0 spiro atoms. The molecule has 0 aliphatic heterocycles. The third-order valence-electron chi connectivity index (χ3n) is 3.21. The average Bonchev–Trinajstić information content (AvgIpc) is 2.39. The lowest BCUT2D eigenvalue weighted by Gasteiger charge is -2.21. The Morgan fingerprint density at radius 1 is 1.18 bits per heavy atom. The standard InChI is InChI=1S/C15H19P.B/c1-13(14-9-5-3-6-10-14)16(2)15-11-7-4-8-12-15;/h4,7-9,11-12H,1,3,5-6,10H2,2H3;. The van der Waals surface area contributed by atoms with Gasteiger partial charge in [-0.2, -0.15) is 0 Å². The van der Waals surface area contributed by atoms with Gasteiger partial charge in [-0.3, -0.25) is 0 Å². The smallest absolute Gasteiger partial charge is 0 e. The molecule has 1 aliphatic rings. The normalized spacial score (nSPS) is 16.6. The fraction of sp³-hybridized carbons (Fsp3) is 0.333. The largest absolute Gasteiger partial charge is 0.0907 e. The van der Waals surface area contributed by atoms with Gasteiger partial charge in [0.1, 0.15) is 0 Å². The Bertz CT molecular complexity index is 395. The van der Waals surface area contributed by atoms with Gasteiger partial charge in [0.05, 0.1) is 0 Å². The number of rotatable bonds is 3. The maximum atomic E-state index is 4.32. The highest BCUT2D eigenvalue weighted by molar-refractivity contribution is 7.69. The zero-order valence-electron chi connectivity index (χ0n) is 10.5. The first kappa shape index (κ1) is 14.3. The lowest BCUT2D eigenvalue weighted by molar-refractivity contribution is 0.710. The molecule has 1 atom stereocenters. The molecular formula is C15H19BP. The lowest BCUT2D eigenvalue weighted by atomic mass is 10.00. The van der Waals surface area contributed by atoms with E-state index in [0.29, 0.717) is 0 Å². The third kappa shape index (κ3) is 3.58. The van der Waals surface area contributed by atoms with E-state index >= 15 is 0 Å².